The number of benzene rings is 1. The minimum atomic E-state index is -0.467. The van der Waals surface area contributed by atoms with Crippen molar-refractivity contribution in [3.05, 3.63) is 53.1 Å². The van der Waals surface area contributed by atoms with E-state index in [2.05, 4.69) is 0 Å². The predicted octanol–water partition coefficient (Wildman–Crippen LogP) is 3.14. The van der Waals surface area contributed by atoms with Crippen LogP contribution in [0.3, 0.4) is 0 Å². The molecular formula is C11H6ClFN2. The summed E-state index contributed by atoms with van der Waals surface area (Å²) in [6, 6.07) is 9.79. The average molecular weight is 221 g/mol. The maximum atomic E-state index is 12.9. The van der Waals surface area contributed by atoms with Gasteiger partial charge in [-0.1, -0.05) is 11.6 Å². The van der Waals surface area contributed by atoms with Gasteiger partial charge in [-0.05, 0) is 30.3 Å². The Morgan fingerprint density at radius 3 is 2.80 bits per heavy atom. The molecule has 0 N–H and O–H groups in total. The summed E-state index contributed by atoms with van der Waals surface area (Å²) in [6.07, 6.45) is 1.72. The fraction of sp³-hybridized carbons (Fsp3) is 0. The summed E-state index contributed by atoms with van der Waals surface area (Å²) in [5.74, 6) is -0.467. The maximum absolute atomic E-state index is 12.9. The van der Waals surface area contributed by atoms with E-state index in [1.807, 2.05) is 6.07 Å². The fourth-order valence-corrected chi connectivity index (χ4v) is 1.51. The summed E-state index contributed by atoms with van der Waals surface area (Å²) < 4.78 is 14.6. The van der Waals surface area contributed by atoms with Crippen LogP contribution >= 0.6 is 11.6 Å². The summed E-state index contributed by atoms with van der Waals surface area (Å²) in [5.41, 5.74) is 1.15. The Morgan fingerprint density at radius 2 is 2.13 bits per heavy atom. The summed E-state index contributed by atoms with van der Waals surface area (Å²) in [5, 5.41) is 8.86. The molecule has 0 radical (unpaired) electrons. The van der Waals surface area contributed by atoms with E-state index in [4.69, 9.17) is 16.9 Å². The molecule has 4 heteroatoms. The first-order chi connectivity index (χ1) is 7.22. The highest BCUT2D eigenvalue weighted by molar-refractivity contribution is 6.30. The first-order valence-electron chi connectivity index (χ1n) is 4.25. The van der Waals surface area contributed by atoms with E-state index in [0.717, 1.165) is 0 Å². The lowest BCUT2D eigenvalue weighted by atomic mass is 10.3. The number of hydrogen-bond acceptors (Lipinski definition) is 1. The second-order valence-corrected chi connectivity index (χ2v) is 3.38. The molecule has 1 aromatic heterocycles. The zero-order chi connectivity index (χ0) is 10.8. The standard InChI is InChI=1S/C11H6ClFN2/c12-10-6-8(3-4-11(10)13)15-5-1-2-9(15)7-14/h1-6H. The van der Waals surface area contributed by atoms with Crippen LogP contribution in [0.2, 0.25) is 5.02 Å². The molecule has 0 aliphatic carbocycles. The van der Waals surface area contributed by atoms with Gasteiger partial charge in [0.15, 0.2) is 0 Å². The van der Waals surface area contributed by atoms with Gasteiger partial charge in [0.1, 0.15) is 17.6 Å². The van der Waals surface area contributed by atoms with E-state index in [0.29, 0.717) is 11.4 Å². The monoisotopic (exact) mass is 220 g/mol. The first kappa shape index (κ1) is 9.75. The Balaban J connectivity index is 2.56. The molecule has 0 saturated heterocycles. The number of halogens is 2. The predicted molar refractivity (Wildman–Crippen MR) is 55.5 cm³/mol. The summed E-state index contributed by atoms with van der Waals surface area (Å²) in [6.45, 7) is 0. The first-order valence-corrected chi connectivity index (χ1v) is 4.63. The molecule has 2 aromatic rings. The fourth-order valence-electron chi connectivity index (χ4n) is 1.33. The van der Waals surface area contributed by atoms with Crippen LogP contribution in [0.4, 0.5) is 4.39 Å². The van der Waals surface area contributed by atoms with E-state index in [-0.39, 0.29) is 5.02 Å². The molecule has 0 spiro atoms. The van der Waals surface area contributed by atoms with Gasteiger partial charge in [-0.15, -0.1) is 0 Å². The van der Waals surface area contributed by atoms with Gasteiger partial charge in [0.25, 0.3) is 0 Å². The molecule has 2 rings (SSSR count). The van der Waals surface area contributed by atoms with Crippen molar-refractivity contribution in [3.63, 3.8) is 0 Å². The van der Waals surface area contributed by atoms with Crippen molar-refractivity contribution in [3.8, 4) is 11.8 Å². The molecule has 0 unspecified atom stereocenters. The van der Waals surface area contributed by atoms with Crippen molar-refractivity contribution in [2.45, 2.75) is 0 Å². The molecule has 0 aliphatic heterocycles. The molecule has 0 amide bonds. The van der Waals surface area contributed by atoms with Gasteiger partial charge < -0.3 is 4.57 Å². The molecule has 0 bridgehead atoms. The van der Waals surface area contributed by atoms with Crippen molar-refractivity contribution in [1.29, 1.82) is 5.26 Å². The van der Waals surface area contributed by atoms with Crippen molar-refractivity contribution in [2.24, 2.45) is 0 Å². The molecule has 0 atom stereocenters. The number of nitriles is 1. The number of aromatic nitrogens is 1. The molecule has 0 fully saturated rings. The zero-order valence-corrected chi connectivity index (χ0v) is 8.37. The van der Waals surface area contributed by atoms with Gasteiger partial charge in [0, 0.05) is 11.9 Å². The van der Waals surface area contributed by atoms with Gasteiger partial charge in [0.2, 0.25) is 0 Å². The Kier molecular flexibility index (Phi) is 2.44. The minimum Gasteiger partial charge on any atom is -0.308 e. The van der Waals surface area contributed by atoms with E-state index in [1.54, 1.807) is 29.0 Å². The third kappa shape index (κ3) is 1.72. The van der Waals surface area contributed by atoms with Crippen LogP contribution in [0.25, 0.3) is 5.69 Å². The number of rotatable bonds is 1. The zero-order valence-electron chi connectivity index (χ0n) is 7.61. The summed E-state index contributed by atoms with van der Waals surface area (Å²) in [4.78, 5) is 0. The Hall–Kier alpha value is -1.79. The van der Waals surface area contributed by atoms with Gasteiger partial charge >= 0.3 is 0 Å². The van der Waals surface area contributed by atoms with Crippen LogP contribution < -0.4 is 0 Å². The van der Waals surface area contributed by atoms with E-state index < -0.39 is 5.82 Å². The molecule has 2 nitrogen and oxygen atoms in total. The average Bonchev–Trinajstić information content (AvgIpc) is 2.70. The lowest BCUT2D eigenvalue weighted by Gasteiger charge is -2.05. The summed E-state index contributed by atoms with van der Waals surface area (Å²) >= 11 is 5.66. The highest BCUT2D eigenvalue weighted by atomic mass is 35.5. The van der Waals surface area contributed by atoms with E-state index in [1.165, 1.54) is 12.1 Å². The van der Waals surface area contributed by atoms with Gasteiger partial charge in [0.05, 0.1) is 5.02 Å². The van der Waals surface area contributed by atoms with Crippen LogP contribution in [0, 0.1) is 17.1 Å². The quantitative estimate of drug-likeness (QED) is 0.726. The minimum absolute atomic E-state index is 0.0464. The lowest BCUT2D eigenvalue weighted by molar-refractivity contribution is 0.628. The highest BCUT2D eigenvalue weighted by Crippen LogP contribution is 2.20. The smallest absolute Gasteiger partial charge is 0.141 e. The molecule has 1 heterocycles. The van der Waals surface area contributed by atoms with Crippen LogP contribution in [0.5, 0.6) is 0 Å². The van der Waals surface area contributed by atoms with Crippen LogP contribution in [0.1, 0.15) is 5.69 Å². The van der Waals surface area contributed by atoms with Crippen LogP contribution in [0.15, 0.2) is 36.5 Å². The van der Waals surface area contributed by atoms with Crippen molar-refractivity contribution in [2.75, 3.05) is 0 Å². The van der Waals surface area contributed by atoms with E-state index >= 15 is 0 Å². The third-order valence-electron chi connectivity index (χ3n) is 2.04. The summed E-state index contributed by atoms with van der Waals surface area (Å²) in [7, 11) is 0. The van der Waals surface area contributed by atoms with Gasteiger partial charge in [-0.2, -0.15) is 5.26 Å². The van der Waals surface area contributed by atoms with E-state index in [9.17, 15) is 4.39 Å². The largest absolute Gasteiger partial charge is 0.308 e. The van der Waals surface area contributed by atoms with Crippen molar-refractivity contribution < 1.29 is 4.39 Å². The van der Waals surface area contributed by atoms with Gasteiger partial charge in [-0.3, -0.25) is 0 Å². The highest BCUT2D eigenvalue weighted by Gasteiger charge is 2.05. The molecule has 0 saturated carbocycles. The number of nitrogens with zero attached hydrogens (tertiary/aromatic N) is 2. The molecule has 0 aliphatic rings. The van der Waals surface area contributed by atoms with Gasteiger partial charge in [-0.25, -0.2) is 4.39 Å². The maximum Gasteiger partial charge on any atom is 0.141 e. The molecule has 1 aromatic carbocycles. The lowest BCUT2D eigenvalue weighted by Crippen LogP contribution is -1.95. The topological polar surface area (TPSA) is 28.7 Å². The van der Waals surface area contributed by atoms with Crippen molar-refractivity contribution >= 4 is 11.6 Å². The third-order valence-corrected chi connectivity index (χ3v) is 2.33. The molecule has 74 valence electrons. The second-order valence-electron chi connectivity index (χ2n) is 2.97. The second kappa shape index (κ2) is 3.76. The normalized spacial score (nSPS) is 9.93. The number of hydrogen-bond donors (Lipinski definition) is 0. The van der Waals surface area contributed by atoms with Crippen LogP contribution in [-0.4, -0.2) is 4.57 Å². The molecule has 15 heavy (non-hydrogen) atoms. The SMILES string of the molecule is N#Cc1cccn1-c1ccc(F)c(Cl)c1. The Morgan fingerprint density at radius 1 is 1.33 bits per heavy atom. The van der Waals surface area contributed by atoms with Crippen molar-refractivity contribution in [1.82, 2.24) is 4.57 Å². The Bertz CT molecular complexity index is 540. The Labute approximate surface area is 91.1 Å². The van der Waals surface area contributed by atoms with Crippen LogP contribution in [-0.2, 0) is 0 Å². The molecular weight excluding hydrogens is 215 g/mol.